The maximum Gasteiger partial charge on any atom is 0.317 e. The smallest absolute Gasteiger partial charge is 0.317 e. The lowest BCUT2D eigenvalue weighted by molar-refractivity contribution is -0.00000636. The van der Waals surface area contributed by atoms with E-state index < -0.39 is 5.56 Å². The number of anilines is 1. The summed E-state index contributed by atoms with van der Waals surface area (Å²) < 4.78 is 0. The minimum atomic E-state index is -0.474. The summed E-state index contributed by atoms with van der Waals surface area (Å²) in [6, 6.07) is 13.5. The minimum Gasteiger partial charge on any atom is -1.00 e. The molecule has 1 heterocycles. The van der Waals surface area contributed by atoms with Crippen LogP contribution in [-0.2, 0) is 0 Å². The van der Waals surface area contributed by atoms with Crippen molar-refractivity contribution in [1.82, 2.24) is 9.89 Å². The molecular weight excluding hydrogens is 396 g/mol. The molecule has 0 bridgehead atoms. The number of azo groups is 1. The third kappa shape index (κ3) is 5.49. The Morgan fingerprint density at radius 1 is 0.897 bits per heavy atom. The lowest BCUT2D eigenvalue weighted by atomic mass is 10.3. The number of H-pyrrole nitrogens is 1. The van der Waals surface area contributed by atoms with E-state index in [9.17, 15) is 4.79 Å². The van der Waals surface area contributed by atoms with Crippen LogP contribution >= 0.6 is 0 Å². The van der Waals surface area contributed by atoms with Crippen molar-refractivity contribution < 1.29 is 12.4 Å². The fourth-order valence-electron chi connectivity index (χ4n) is 2.19. The lowest BCUT2D eigenvalue weighted by Crippen LogP contribution is -3.00. The van der Waals surface area contributed by atoms with Gasteiger partial charge in [0, 0.05) is 5.69 Å². The van der Waals surface area contributed by atoms with E-state index in [1.54, 1.807) is 55.5 Å². The number of nitrogen functional groups attached to an aromatic ring is 1. The van der Waals surface area contributed by atoms with Crippen molar-refractivity contribution in [3.05, 3.63) is 64.6 Å². The van der Waals surface area contributed by atoms with Gasteiger partial charge in [0.2, 0.25) is 0 Å². The molecule has 150 valence electrons. The predicted molar refractivity (Wildman–Crippen MR) is 107 cm³/mol. The molecule has 3 aromatic rings. The van der Waals surface area contributed by atoms with Crippen molar-refractivity contribution in [2.24, 2.45) is 37.0 Å². The summed E-state index contributed by atoms with van der Waals surface area (Å²) in [5.74, 6) is -0.0361. The number of aryl methyl sites for hydroxylation is 1. The first kappa shape index (κ1) is 21.3. The summed E-state index contributed by atoms with van der Waals surface area (Å²) in [5.41, 5.74) is 18.7. The topological polar surface area (TPSA) is 178 Å². The molecule has 0 amide bonds. The van der Waals surface area contributed by atoms with Gasteiger partial charge < -0.3 is 29.6 Å². The average molecular weight is 414 g/mol. The summed E-state index contributed by atoms with van der Waals surface area (Å²) in [5, 5.41) is 18.7. The Bertz CT molecular complexity index is 1110. The first-order chi connectivity index (χ1) is 13.4. The highest BCUT2D eigenvalue weighted by molar-refractivity contribution is 5.79. The minimum absolute atomic E-state index is 0. The zero-order valence-electron chi connectivity index (χ0n) is 15.3. The summed E-state index contributed by atoms with van der Waals surface area (Å²) >= 11 is 0. The van der Waals surface area contributed by atoms with E-state index in [-0.39, 0.29) is 24.1 Å². The number of nitrogens with zero attached hydrogens (tertiary/aromatic N) is 6. The fraction of sp³-hybridized carbons (Fsp3) is 0.0588. The van der Waals surface area contributed by atoms with E-state index in [1.165, 1.54) is 0 Å². The molecule has 11 nitrogen and oxygen atoms in total. The van der Waals surface area contributed by atoms with Crippen LogP contribution in [0.2, 0.25) is 0 Å². The second-order valence-electron chi connectivity index (χ2n) is 5.74. The molecule has 0 aliphatic rings. The fourth-order valence-corrected chi connectivity index (χ4v) is 2.19. The Hall–Kier alpha value is -3.99. The maximum atomic E-state index is 12.4. The number of nitrogens with one attached hydrogen (secondary N) is 1. The van der Waals surface area contributed by atoms with E-state index in [2.05, 4.69) is 30.7 Å². The van der Waals surface area contributed by atoms with Gasteiger partial charge in [0.05, 0.1) is 22.8 Å². The van der Waals surface area contributed by atoms with Crippen LogP contribution in [0.4, 0.5) is 28.4 Å². The summed E-state index contributed by atoms with van der Waals surface area (Å²) in [4.78, 5) is 17.3. The quantitative estimate of drug-likeness (QED) is 0.198. The van der Waals surface area contributed by atoms with Crippen molar-refractivity contribution in [3.63, 3.8) is 0 Å². The maximum absolute atomic E-state index is 12.4. The van der Waals surface area contributed by atoms with Gasteiger partial charge in [0.25, 0.3) is 0 Å². The zero-order valence-corrected chi connectivity index (χ0v) is 16.1. The second kappa shape index (κ2) is 9.28. The van der Waals surface area contributed by atoms with Crippen LogP contribution in [-0.4, -0.2) is 15.8 Å². The van der Waals surface area contributed by atoms with Crippen LogP contribution in [0.25, 0.3) is 0 Å². The number of benzene rings is 2. The summed E-state index contributed by atoms with van der Waals surface area (Å²) in [7, 11) is 0. The van der Waals surface area contributed by atoms with Crippen LogP contribution in [0.1, 0.15) is 5.69 Å². The van der Waals surface area contributed by atoms with Crippen molar-refractivity contribution in [1.29, 1.82) is 0 Å². The number of aromatic amines is 1. The Kier molecular flexibility index (Phi) is 6.82. The third-order valence-corrected chi connectivity index (χ3v) is 3.54. The van der Waals surface area contributed by atoms with Crippen LogP contribution in [0.3, 0.4) is 0 Å². The zero-order chi connectivity index (χ0) is 20.1. The summed E-state index contributed by atoms with van der Waals surface area (Å²) in [6.45, 7) is 1.69. The summed E-state index contributed by atoms with van der Waals surface area (Å²) in [6.07, 6.45) is 0. The van der Waals surface area contributed by atoms with Gasteiger partial charge in [-0.3, -0.25) is 9.89 Å². The van der Waals surface area contributed by atoms with Gasteiger partial charge in [0.1, 0.15) is 0 Å². The molecule has 0 unspecified atom stereocenters. The predicted octanol–water partition coefficient (Wildman–Crippen LogP) is -0.0617. The molecule has 0 atom stereocenters. The molecule has 0 radical (unpaired) electrons. The van der Waals surface area contributed by atoms with Crippen LogP contribution in [0.5, 0.6) is 0 Å². The highest BCUT2D eigenvalue weighted by atomic mass is 35.5. The van der Waals surface area contributed by atoms with Crippen molar-refractivity contribution in [3.8, 4) is 0 Å². The normalized spacial score (nSPS) is 10.9. The van der Waals surface area contributed by atoms with E-state index in [4.69, 9.17) is 17.2 Å². The van der Waals surface area contributed by atoms with Crippen molar-refractivity contribution >= 4 is 34.4 Å². The number of hydrogen-bond acceptors (Lipinski definition) is 7. The molecule has 0 saturated heterocycles. The van der Waals surface area contributed by atoms with Crippen LogP contribution in [0, 0.1) is 6.92 Å². The van der Waals surface area contributed by atoms with Gasteiger partial charge >= 0.3 is 5.56 Å². The van der Waals surface area contributed by atoms with Crippen molar-refractivity contribution in [2.45, 2.75) is 6.92 Å². The van der Waals surface area contributed by atoms with Gasteiger partial charge in [-0.15, -0.1) is 15.0 Å². The lowest BCUT2D eigenvalue weighted by Gasteiger charge is -1.95. The standard InChI is InChI=1S/C17H18N10O.ClH/c1-10-15(24-22-13-8-6-12(7-9-13)21-17(19)20)16(28)27(25-10)26-23-14-4-2-11(18)3-5-14;/h2-9,25H,18H2,1H3,(H4,19,20,21);1H/p-1. The van der Waals surface area contributed by atoms with Gasteiger partial charge in [0.15, 0.2) is 11.6 Å². The number of halogens is 1. The SMILES string of the molecule is Cc1[nH]n(N=Nc2ccc(N)cc2)c(=O)c1N=Nc1ccc(N=C(N)N)cc1.[Cl-]. The van der Waals surface area contributed by atoms with Crippen LogP contribution < -0.4 is 35.2 Å². The van der Waals surface area contributed by atoms with Gasteiger partial charge in [-0.2, -0.15) is 5.11 Å². The number of rotatable bonds is 5. The van der Waals surface area contributed by atoms with E-state index in [0.29, 0.717) is 28.4 Å². The van der Waals surface area contributed by atoms with Gasteiger partial charge in [-0.1, -0.05) is 0 Å². The highest BCUT2D eigenvalue weighted by Gasteiger charge is 2.10. The molecule has 29 heavy (non-hydrogen) atoms. The number of aromatic nitrogens is 2. The monoisotopic (exact) mass is 413 g/mol. The van der Waals surface area contributed by atoms with Gasteiger partial charge in [-0.25, -0.2) is 4.99 Å². The molecule has 7 N–H and O–H groups in total. The van der Waals surface area contributed by atoms with Gasteiger partial charge in [-0.05, 0) is 60.7 Å². The number of nitrogens with two attached hydrogens (primary N) is 3. The van der Waals surface area contributed by atoms with Crippen LogP contribution in [0.15, 0.2) is 78.9 Å². The molecule has 12 heteroatoms. The molecule has 3 rings (SSSR count). The van der Waals surface area contributed by atoms with E-state index in [1.807, 2.05) is 0 Å². The molecule has 0 aliphatic heterocycles. The Morgan fingerprint density at radius 3 is 2.07 bits per heavy atom. The molecule has 1 aromatic heterocycles. The Labute approximate surface area is 171 Å². The molecule has 0 saturated carbocycles. The molecule has 0 aliphatic carbocycles. The van der Waals surface area contributed by atoms with E-state index in [0.717, 1.165) is 4.79 Å². The third-order valence-electron chi connectivity index (χ3n) is 3.54. The first-order valence-electron chi connectivity index (χ1n) is 8.13. The molecular formula is C17H18ClN10O-. The number of hydrogen-bond donors (Lipinski definition) is 4. The number of aliphatic imine (C=N–C) groups is 1. The number of guanidine groups is 1. The molecule has 0 fully saturated rings. The van der Waals surface area contributed by atoms with Crippen molar-refractivity contribution in [2.75, 3.05) is 5.73 Å². The second-order valence-corrected chi connectivity index (χ2v) is 5.74. The Morgan fingerprint density at radius 2 is 1.45 bits per heavy atom. The first-order valence-corrected chi connectivity index (χ1v) is 8.13. The highest BCUT2D eigenvalue weighted by Crippen LogP contribution is 2.21. The Balaban J connectivity index is 0.00000300. The largest absolute Gasteiger partial charge is 1.00 e. The van der Waals surface area contributed by atoms with E-state index >= 15 is 0 Å². The molecule has 0 spiro atoms. The molecule has 2 aromatic carbocycles. The average Bonchev–Trinajstić information content (AvgIpc) is 2.93.